The maximum atomic E-state index is 11.6. The lowest BCUT2D eigenvalue weighted by Gasteiger charge is -2.04. The average molecular weight is 350 g/mol. The summed E-state index contributed by atoms with van der Waals surface area (Å²) in [5.41, 5.74) is 1.74. The Morgan fingerprint density at radius 1 is 1.00 bits per heavy atom. The van der Waals surface area contributed by atoms with E-state index in [2.05, 4.69) is 10.2 Å². The monoisotopic (exact) mass is 349 g/mol. The van der Waals surface area contributed by atoms with Gasteiger partial charge < -0.3 is 4.42 Å². The largest absolute Gasteiger partial charge is 0.416 e. The van der Waals surface area contributed by atoms with Crippen LogP contribution in [0, 0.1) is 6.92 Å². The van der Waals surface area contributed by atoms with Crippen molar-refractivity contribution in [1.29, 1.82) is 0 Å². The molecule has 0 saturated carbocycles. The first kappa shape index (κ1) is 15.7. The molecule has 8 heteroatoms. The molecule has 1 heterocycles. The number of halogens is 1. The molecule has 0 fully saturated rings. The molecule has 1 aromatic heterocycles. The minimum Gasteiger partial charge on any atom is -0.416 e. The van der Waals surface area contributed by atoms with E-state index in [4.69, 9.17) is 21.2 Å². The number of hydrogen-bond acceptors (Lipinski definition) is 5. The zero-order valence-electron chi connectivity index (χ0n) is 12.0. The molecule has 3 aromatic rings. The lowest BCUT2D eigenvalue weighted by molar-refractivity contribution is 0.584. The van der Waals surface area contributed by atoms with Crippen LogP contribution in [0.25, 0.3) is 22.9 Å². The van der Waals surface area contributed by atoms with Crippen LogP contribution >= 0.6 is 11.6 Å². The van der Waals surface area contributed by atoms with Gasteiger partial charge in [0.15, 0.2) is 0 Å². The van der Waals surface area contributed by atoms with E-state index < -0.39 is 10.0 Å². The number of nitrogens with two attached hydrogens (primary N) is 1. The maximum Gasteiger partial charge on any atom is 0.248 e. The van der Waals surface area contributed by atoms with Crippen LogP contribution in [0.4, 0.5) is 0 Å². The summed E-state index contributed by atoms with van der Waals surface area (Å²) in [5.74, 6) is 0.522. The van der Waals surface area contributed by atoms with Crippen molar-refractivity contribution in [2.75, 3.05) is 0 Å². The Morgan fingerprint density at radius 2 is 1.57 bits per heavy atom. The molecular weight excluding hydrogens is 338 g/mol. The van der Waals surface area contributed by atoms with Gasteiger partial charge in [0, 0.05) is 16.1 Å². The lowest BCUT2D eigenvalue weighted by atomic mass is 10.1. The van der Waals surface area contributed by atoms with E-state index in [0.717, 1.165) is 0 Å². The van der Waals surface area contributed by atoms with Crippen molar-refractivity contribution in [2.45, 2.75) is 11.8 Å². The summed E-state index contributed by atoms with van der Waals surface area (Å²) in [6.45, 7) is 1.66. The van der Waals surface area contributed by atoms with E-state index in [-0.39, 0.29) is 10.8 Å². The number of hydrogen-bond donors (Lipinski definition) is 1. The first-order chi connectivity index (χ1) is 10.8. The van der Waals surface area contributed by atoms with Gasteiger partial charge in [-0.25, -0.2) is 13.6 Å². The molecule has 0 bridgehead atoms. The predicted octanol–water partition coefficient (Wildman–Crippen LogP) is 3.01. The second-order valence-electron chi connectivity index (χ2n) is 4.94. The molecule has 2 aromatic carbocycles. The Kier molecular flexibility index (Phi) is 3.93. The molecule has 0 atom stereocenters. The Labute approximate surface area is 138 Å². The SMILES string of the molecule is Cc1ccc(-c2nnc(-c3ccc(Cl)cc3)o2)cc1S(N)(=O)=O. The molecule has 3 rings (SSSR count). The van der Waals surface area contributed by atoms with E-state index >= 15 is 0 Å². The van der Waals surface area contributed by atoms with Gasteiger partial charge in [-0.2, -0.15) is 0 Å². The fourth-order valence-corrected chi connectivity index (χ4v) is 3.02. The highest BCUT2D eigenvalue weighted by atomic mass is 35.5. The van der Waals surface area contributed by atoms with Crippen molar-refractivity contribution < 1.29 is 12.8 Å². The highest BCUT2D eigenvalue weighted by Crippen LogP contribution is 2.27. The van der Waals surface area contributed by atoms with Gasteiger partial charge >= 0.3 is 0 Å². The van der Waals surface area contributed by atoms with Gasteiger partial charge in [0.2, 0.25) is 21.8 Å². The minimum atomic E-state index is -3.82. The molecule has 0 aliphatic carbocycles. The Hall–Kier alpha value is -2.22. The number of rotatable bonds is 3. The van der Waals surface area contributed by atoms with Gasteiger partial charge in [0.1, 0.15) is 0 Å². The van der Waals surface area contributed by atoms with Crippen LogP contribution in [-0.2, 0) is 10.0 Å². The third-order valence-electron chi connectivity index (χ3n) is 3.26. The Balaban J connectivity index is 2.02. The first-order valence-corrected chi connectivity index (χ1v) is 8.50. The number of aryl methyl sites for hydroxylation is 1. The van der Waals surface area contributed by atoms with Gasteiger partial charge in [-0.1, -0.05) is 17.7 Å². The highest BCUT2D eigenvalue weighted by molar-refractivity contribution is 7.89. The number of sulfonamides is 1. The first-order valence-electron chi connectivity index (χ1n) is 6.58. The van der Waals surface area contributed by atoms with Crippen molar-refractivity contribution >= 4 is 21.6 Å². The van der Waals surface area contributed by atoms with E-state index in [1.165, 1.54) is 6.07 Å². The van der Waals surface area contributed by atoms with Crippen LogP contribution in [0.2, 0.25) is 5.02 Å². The third-order valence-corrected chi connectivity index (χ3v) is 4.56. The predicted molar refractivity (Wildman–Crippen MR) is 86.3 cm³/mol. The zero-order chi connectivity index (χ0) is 16.6. The molecule has 6 nitrogen and oxygen atoms in total. The van der Waals surface area contributed by atoms with E-state index in [9.17, 15) is 8.42 Å². The van der Waals surface area contributed by atoms with E-state index in [1.807, 2.05) is 0 Å². The van der Waals surface area contributed by atoms with Gasteiger partial charge in [0.25, 0.3) is 0 Å². The van der Waals surface area contributed by atoms with Crippen molar-refractivity contribution in [3.05, 3.63) is 53.1 Å². The van der Waals surface area contributed by atoms with E-state index in [0.29, 0.717) is 27.6 Å². The minimum absolute atomic E-state index is 0.0289. The summed E-state index contributed by atoms with van der Waals surface area (Å²) in [4.78, 5) is 0.0289. The van der Waals surface area contributed by atoms with Gasteiger partial charge in [-0.15, -0.1) is 10.2 Å². The molecular formula is C15H12ClN3O3S. The van der Waals surface area contributed by atoms with Crippen LogP contribution in [0.5, 0.6) is 0 Å². The molecule has 0 saturated heterocycles. The summed E-state index contributed by atoms with van der Waals surface area (Å²) in [7, 11) is -3.82. The van der Waals surface area contributed by atoms with Crippen LogP contribution in [0.3, 0.4) is 0 Å². The topological polar surface area (TPSA) is 99.1 Å². The van der Waals surface area contributed by atoms with Crippen molar-refractivity contribution in [3.63, 3.8) is 0 Å². The quantitative estimate of drug-likeness (QED) is 0.783. The Morgan fingerprint density at radius 3 is 2.17 bits per heavy atom. The van der Waals surface area contributed by atoms with E-state index in [1.54, 1.807) is 43.3 Å². The van der Waals surface area contributed by atoms with Gasteiger partial charge in [-0.05, 0) is 48.9 Å². The summed E-state index contributed by atoms with van der Waals surface area (Å²) < 4.78 is 28.8. The number of benzene rings is 2. The third kappa shape index (κ3) is 3.26. The molecule has 0 aliphatic heterocycles. The number of aromatic nitrogens is 2. The molecule has 0 unspecified atom stereocenters. The molecule has 0 amide bonds. The van der Waals surface area contributed by atoms with Crippen molar-refractivity contribution in [3.8, 4) is 22.9 Å². The lowest BCUT2D eigenvalue weighted by Crippen LogP contribution is -2.13. The summed E-state index contributed by atoms with van der Waals surface area (Å²) >= 11 is 5.84. The molecule has 0 radical (unpaired) electrons. The molecule has 0 aliphatic rings. The van der Waals surface area contributed by atoms with Crippen LogP contribution in [0.15, 0.2) is 51.8 Å². The van der Waals surface area contributed by atoms with Crippen LogP contribution in [0.1, 0.15) is 5.56 Å². The molecule has 2 N–H and O–H groups in total. The van der Waals surface area contributed by atoms with Crippen LogP contribution in [-0.4, -0.2) is 18.6 Å². The molecule has 23 heavy (non-hydrogen) atoms. The fourth-order valence-electron chi connectivity index (χ4n) is 2.09. The van der Waals surface area contributed by atoms with Crippen LogP contribution < -0.4 is 5.14 Å². The molecule has 118 valence electrons. The van der Waals surface area contributed by atoms with Crippen molar-refractivity contribution in [2.24, 2.45) is 5.14 Å². The Bertz CT molecular complexity index is 966. The summed E-state index contributed by atoms with van der Waals surface area (Å²) in [5, 5.41) is 13.7. The fraction of sp³-hybridized carbons (Fsp3) is 0.0667. The van der Waals surface area contributed by atoms with Gasteiger partial charge in [-0.3, -0.25) is 0 Å². The standard InChI is InChI=1S/C15H12ClN3O3S/c1-9-2-3-11(8-13(9)23(17,20)21)15-19-18-14(22-15)10-4-6-12(16)7-5-10/h2-8H,1H3,(H2,17,20,21). The molecule has 0 spiro atoms. The second kappa shape index (κ2) is 5.77. The zero-order valence-corrected chi connectivity index (χ0v) is 13.6. The average Bonchev–Trinajstić information content (AvgIpc) is 2.97. The van der Waals surface area contributed by atoms with Gasteiger partial charge in [0.05, 0.1) is 4.90 Å². The smallest absolute Gasteiger partial charge is 0.248 e. The highest BCUT2D eigenvalue weighted by Gasteiger charge is 2.16. The second-order valence-corrected chi connectivity index (χ2v) is 6.91. The maximum absolute atomic E-state index is 11.6. The summed E-state index contributed by atoms with van der Waals surface area (Å²) in [6, 6.07) is 11.7. The normalized spacial score (nSPS) is 11.6. The van der Waals surface area contributed by atoms with Crippen molar-refractivity contribution in [1.82, 2.24) is 10.2 Å². The summed E-state index contributed by atoms with van der Waals surface area (Å²) in [6.07, 6.45) is 0. The number of nitrogens with zero attached hydrogens (tertiary/aromatic N) is 2. The number of primary sulfonamides is 1.